The minimum Gasteiger partial charge on any atom is -0.356 e. The second-order valence-corrected chi connectivity index (χ2v) is 12.2. The zero-order valence-electron chi connectivity index (χ0n) is 20.9. The maximum Gasteiger partial charge on any atom is 0.223 e. The Morgan fingerprint density at radius 2 is 1.73 bits per heavy atom. The van der Waals surface area contributed by atoms with Crippen LogP contribution in [0.5, 0.6) is 0 Å². The van der Waals surface area contributed by atoms with Crippen LogP contribution in [0.25, 0.3) is 0 Å². The lowest BCUT2D eigenvalue weighted by molar-refractivity contribution is -0.127. The van der Waals surface area contributed by atoms with E-state index in [1.807, 2.05) is 0 Å². The van der Waals surface area contributed by atoms with Crippen LogP contribution in [0.15, 0.2) is 4.99 Å². The quantitative estimate of drug-likeness (QED) is 0.440. The zero-order valence-corrected chi connectivity index (χ0v) is 21.7. The topological polar surface area (TPSA) is 77.5 Å². The molecule has 4 N–H and O–H groups in total. The predicted molar refractivity (Wildman–Crippen MR) is 137 cm³/mol. The summed E-state index contributed by atoms with van der Waals surface area (Å²) in [7, 11) is 0. The molecule has 4 aliphatic rings. The SMILES string of the molecule is CC1CC(C2CC(CNC3=NCCN3)CC(C(=O)NCC3CCC(Cl)C(C)C3)C2)CC(C)N1. The first-order valence-electron chi connectivity index (χ1n) is 13.6. The lowest BCUT2D eigenvalue weighted by Gasteiger charge is -2.43. The van der Waals surface area contributed by atoms with Crippen molar-refractivity contribution in [2.45, 2.75) is 89.6 Å². The highest BCUT2D eigenvalue weighted by atomic mass is 35.5. The van der Waals surface area contributed by atoms with Crippen LogP contribution in [0.4, 0.5) is 0 Å². The van der Waals surface area contributed by atoms with E-state index in [2.05, 4.69) is 47.0 Å². The van der Waals surface area contributed by atoms with Gasteiger partial charge < -0.3 is 21.3 Å². The average Bonchev–Trinajstić information content (AvgIpc) is 3.31. The third-order valence-electron chi connectivity index (χ3n) is 8.73. The zero-order chi connectivity index (χ0) is 23.4. The van der Waals surface area contributed by atoms with Gasteiger partial charge in [-0.2, -0.15) is 0 Å². The van der Waals surface area contributed by atoms with Gasteiger partial charge in [-0.1, -0.05) is 6.92 Å². The summed E-state index contributed by atoms with van der Waals surface area (Å²) < 4.78 is 0. The Labute approximate surface area is 205 Å². The van der Waals surface area contributed by atoms with E-state index in [1.54, 1.807) is 0 Å². The number of carbonyl (C=O) groups excluding carboxylic acids is 1. The van der Waals surface area contributed by atoms with Crippen LogP contribution in [-0.2, 0) is 4.79 Å². The molecule has 0 aromatic rings. The highest BCUT2D eigenvalue weighted by Gasteiger charge is 2.39. The summed E-state index contributed by atoms with van der Waals surface area (Å²) in [5.41, 5.74) is 0. The Hall–Kier alpha value is -1.01. The first kappa shape index (κ1) is 25.1. The standard InChI is InChI=1S/C26H46ClN5O/c1-16-8-19(4-5-24(16)27)14-30-25(33)23-12-20(15-31-26-28-6-7-29-26)11-22(13-23)21-9-17(2)32-18(3)10-21/h16-24,32H,4-15H2,1-3H3,(H,30,33)(H2,28,29,31). The molecule has 3 fully saturated rings. The molecule has 8 unspecified atom stereocenters. The minimum absolute atomic E-state index is 0.135. The fourth-order valence-electron chi connectivity index (χ4n) is 7.06. The van der Waals surface area contributed by atoms with Crippen LogP contribution >= 0.6 is 11.6 Å². The van der Waals surface area contributed by atoms with E-state index in [0.717, 1.165) is 70.2 Å². The first-order valence-corrected chi connectivity index (χ1v) is 14.0. The monoisotopic (exact) mass is 479 g/mol. The fourth-order valence-corrected chi connectivity index (χ4v) is 7.29. The number of nitrogens with zero attached hydrogens (tertiary/aromatic N) is 1. The lowest BCUT2D eigenvalue weighted by atomic mass is 9.66. The van der Waals surface area contributed by atoms with Crippen molar-refractivity contribution in [2.75, 3.05) is 26.2 Å². The summed E-state index contributed by atoms with van der Waals surface area (Å²) >= 11 is 6.41. The third kappa shape index (κ3) is 7.00. The number of alkyl halides is 1. The molecule has 2 saturated carbocycles. The van der Waals surface area contributed by atoms with Crippen molar-refractivity contribution in [3.8, 4) is 0 Å². The van der Waals surface area contributed by atoms with Crippen LogP contribution in [0.1, 0.15) is 72.1 Å². The summed E-state index contributed by atoms with van der Waals surface area (Å²) in [4.78, 5) is 17.8. The summed E-state index contributed by atoms with van der Waals surface area (Å²) in [5.74, 6) is 4.37. The molecule has 0 spiro atoms. The number of halogens is 1. The van der Waals surface area contributed by atoms with Crippen LogP contribution in [0, 0.1) is 35.5 Å². The van der Waals surface area contributed by atoms with Crippen molar-refractivity contribution >= 4 is 23.5 Å². The molecule has 2 aliphatic carbocycles. The number of guanidine groups is 1. The second-order valence-electron chi connectivity index (χ2n) is 11.7. The van der Waals surface area contributed by atoms with Gasteiger partial charge in [0.25, 0.3) is 0 Å². The molecule has 7 heteroatoms. The van der Waals surface area contributed by atoms with Crippen LogP contribution in [-0.4, -0.2) is 55.5 Å². The molecule has 188 valence electrons. The van der Waals surface area contributed by atoms with Gasteiger partial charge in [-0.05, 0) is 94.8 Å². The lowest BCUT2D eigenvalue weighted by Crippen LogP contribution is -2.47. The number of aliphatic imine (C=N–C) groups is 1. The summed E-state index contributed by atoms with van der Waals surface area (Å²) in [6.07, 6.45) is 9.08. The Bertz CT molecular complexity index is 678. The third-order valence-corrected chi connectivity index (χ3v) is 9.38. The van der Waals surface area contributed by atoms with E-state index in [-0.39, 0.29) is 11.8 Å². The number of carbonyl (C=O) groups is 1. The summed E-state index contributed by atoms with van der Waals surface area (Å²) in [5, 5.41) is 14.2. The van der Waals surface area contributed by atoms with Crippen molar-refractivity contribution in [2.24, 2.45) is 40.5 Å². The number of amides is 1. The van der Waals surface area contributed by atoms with E-state index < -0.39 is 0 Å². The Morgan fingerprint density at radius 1 is 0.970 bits per heavy atom. The maximum absolute atomic E-state index is 13.3. The normalized spacial score (nSPS) is 41.7. The predicted octanol–water partition coefficient (Wildman–Crippen LogP) is 3.50. The molecule has 0 aromatic heterocycles. The number of piperidine rings is 1. The van der Waals surface area contributed by atoms with Gasteiger partial charge in [0.1, 0.15) is 0 Å². The van der Waals surface area contributed by atoms with E-state index in [1.165, 1.54) is 19.3 Å². The van der Waals surface area contributed by atoms with Gasteiger partial charge in [-0.3, -0.25) is 9.79 Å². The van der Waals surface area contributed by atoms with Crippen LogP contribution in [0.2, 0.25) is 0 Å². The highest BCUT2D eigenvalue weighted by molar-refractivity contribution is 6.20. The van der Waals surface area contributed by atoms with E-state index >= 15 is 0 Å². The smallest absolute Gasteiger partial charge is 0.223 e. The molecule has 1 amide bonds. The highest BCUT2D eigenvalue weighted by Crippen LogP contribution is 2.42. The molecule has 6 nitrogen and oxygen atoms in total. The van der Waals surface area contributed by atoms with Gasteiger partial charge in [-0.15, -0.1) is 11.6 Å². The largest absolute Gasteiger partial charge is 0.356 e. The van der Waals surface area contributed by atoms with Gasteiger partial charge in [0.15, 0.2) is 5.96 Å². The first-order chi connectivity index (χ1) is 15.9. The molecule has 0 bridgehead atoms. The minimum atomic E-state index is 0.135. The van der Waals surface area contributed by atoms with Crippen LogP contribution < -0.4 is 21.3 Å². The van der Waals surface area contributed by atoms with Crippen molar-refractivity contribution in [3.63, 3.8) is 0 Å². The van der Waals surface area contributed by atoms with Crippen molar-refractivity contribution in [1.29, 1.82) is 0 Å². The van der Waals surface area contributed by atoms with Gasteiger partial charge in [0.2, 0.25) is 5.91 Å². The molecule has 0 radical (unpaired) electrons. The van der Waals surface area contributed by atoms with Crippen molar-refractivity contribution in [1.82, 2.24) is 21.3 Å². The van der Waals surface area contributed by atoms with Crippen molar-refractivity contribution < 1.29 is 4.79 Å². The van der Waals surface area contributed by atoms with E-state index in [9.17, 15) is 4.79 Å². The van der Waals surface area contributed by atoms with Crippen molar-refractivity contribution in [3.05, 3.63) is 0 Å². The van der Waals surface area contributed by atoms with E-state index in [4.69, 9.17) is 11.6 Å². The summed E-state index contributed by atoms with van der Waals surface area (Å²) in [6, 6.07) is 1.14. The number of hydrogen-bond acceptors (Lipinski definition) is 5. The maximum atomic E-state index is 13.3. The number of rotatable bonds is 6. The number of hydrogen-bond donors (Lipinski definition) is 4. The second kappa shape index (κ2) is 11.6. The molecular formula is C26H46ClN5O. The van der Waals surface area contributed by atoms with E-state index in [0.29, 0.717) is 41.1 Å². The molecule has 4 rings (SSSR count). The number of nitrogens with one attached hydrogen (secondary N) is 4. The van der Waals surface area contributed by atoms with Gasteiger partial charge >= 0.3 is 0 Å². The molecule has 2 aliphatic heterocycles. The van der Waals surface area contributed by atoms with Gasteiger partial charge in [-0.25, -0.2) is 0 Å². The average molecular weight is 480 g/mol. The van der Waals surface area contributed by atoms with Gasteiger partial charge in [0.05, 0.1) is 6.54 Å². The van der Waals surface area contributed by atoms with Gasteiger partial charge in [0, 0.05) is 43.0 Å². The Balaban J connectivity index is 1.35. The Morgan fingerprint density at radius 3 is 2.42 bits per heavy atom. The molecular weight excluding hydrogens is 434 g/mol. The molecule has 8 atom stereocenters. The molecule has 2 heterocycles. The van der Waals surface area contributed by atoms with Crippen LogP contribution in [0.3, 0.4) is 0 Å². The molecule has 33 heavy (non-hydrogen) atoms. The molecule has 0 aromatic carbocycles. The molecule has 1 saturated heterocycles. The summed E-state index contributed by atoms with van der Waals surface area (Å²) in [6.45, 7) is 10.4. The fraction of sp³-hybridized carbons (Fsp3) is 0.923. The Kier molecular flexibility index (Phi) is 8.83.